The van der Waals surface area contributed by atoms with Crippen LogP contribution in [0.25, 0.3) is 11.3 Å². The number of nitrogens with zero attached hydrogens (tertiary/aromatic N) is 3. The molecule has 0 amide bonds. The number of benzene rings is 2. The Morgan fingerprint density at radius 3 is 2.54 bits per heavy atom. The van der Waals surface area contributed by atoms with Gasteiger partial charge in [-0.2, -0.15) is 5.10 Å². The molecule has 7 heteroatoms. The fraction of sp³-hybridized carbons (Fsp3) is 0.0588. The van der Waals surface area contributed by atoms with Gasteiger partial charge in [-0.05, 0) is 23.8 Å². The van der Waals surface area contributed by atoms with Gasteiger partial charge < -0.3 is 0 Å². The summed E-state index contributed by atoms with van der Waals surface area (Å²) in [6, 6.07) is 14.7. The number of aromatic nitrogens is 2. The highest BCUT2D eigenvalue weighted by atomic mass is 19.1. The molecule has 3 aromatic rings. The summed E-state index contributed by atoms with van der Waals surface area (Å²) in [5.74, 6) is -0.357. The maximum absolute atomic E-state index is 13.0. The Balaban J connectivity index is 1.97. The maximum atomic E-state index is 13.0. The van der Waals surface area contributed by atoms with Crippen LogP contribution in [0.1, 0.15) is 5.56 Å². The minimum absolute atomic E-state index is 0.0504. The van der Waals surface area contributed by atoms with E-state index >= 15 is 0 Å². The van der Waals surface area contributed by atoms with Crippen LogP contribution in [0.3, 0.4) is 0 Å². The zero-order valence-corrected chi connectivity index (χ0v) is 12.4. The van der Waals surface area contributed by atoms with Crippen LogP contribution in [-0.4, -0.2) is 14.7 Å². The smallest absolute Gasteiger partial charge is 0.268 e. The van der Waals surface area contributed by atoms with Gasteiger partial charge in [0.2, 0.25) is 0 Å². The maximum Gasteiger partial charge on any atom is 0.270 e. The van der Waals surface area contributed by atoms with Gasteiger partial charge in [-0.15, -0.1) is 0 Å². The number of nitro groups is 1. The Labute approximate surface area is 136 Å². The molecule has 0 aliphatic rings. The molecule has 0 saturated carbocycles. The topological polar surface area (TPSA) is 78.0 Å². The second kappa shape index (κ2) is 6.41. The van der Waals surface area contributed by atoms with Crippen LogP contribution in [0, 0.1) is 15.9 Å². The van der Waals surface area contributed by atoms with E-state index in [0.29, 0.717) is 11.3 Å². The predicted molar refractivity (Wildman–Crippen MR) is 86.1 cm³/mol. The van der Waals surface area contributed by atoms with Gasteiger partial charge in [0.15, 0.2) is 0 Å². The molecule has 0 spiro atoms. The Bertz CT molecular complexity index is 952. The molecule has 0 bridgehead atoms. The van der Waals surface area contributed by atoms with Gasteiger partial charge in [-0.1, -0.05) is 24.3 Å². The van der Waals surface area contributed by atoms with Crippen molar-refractivity contribution < 1.29 is 9.31 Å². The zero-order chi connectivity index (χ0) is 17.1. The summed E-state index contributed by atoms with van der Waals surface area (Å²) in [6.07, 6.45) is 0. The van der Waals surface area contributed by atoms with Crippen molar-refractivity contribution in [1.29, 1.82) is 0 Å². The Kier molecular flexibility index (Phi) is 4.15. The highest BCUT2D eigenvalue weighted by molar-refractivity contribution is 5.61. The molecule has 0 N–H and O–H groups in total. The van der Waals surface area contributed by atoms with Crippen LogP contribution in [0.15, 0.2) is 65.5 Å². The van der Waals surface area contributed by atoms with Gasteiger partial charge in [0, 0.05) is 23.8 Å². The molecule has 6 nitrogen and oxygen atoms in total. The molecular formula is C17H12FN3O3. The van der Waals surface area contributed by atoms with Crippen LogP contribution >= 0.6 is 0 Å². The first-order valence-corrected chi connectivity index (χ1v) is 7.10. The predicted octanol–water partition coefficient (Wildman–Crippen LogP) is 3.01. The largest absolute Gasteiger partial charge is 0.270 e. The van der Waals surface area contributed by atoms with E-state index in [1.807, 2.05) is 0 Å². The third-order valence-corrected chi connectivity index (χ3v) is 3.46. The molecule has 24 heavy (non-hydrogen) atoms. The molecule has 2 aromatic carbocycles. The summed E-state index contributed by atoms with van der Waals surface area (Å²) in [5, 5.41) is 15.1. The SMILES string of the molecule is O=c1ccc(-c2cccc([N+](=O)[O-])c2)nn1Cc1ccc(F)cc1. The van der Waals surface area contributed by atoms with E-state index in [1.54, 1.807) is 24.3 Å². The molecule has 0 aliphatic heterocycles. The fourth-order valence-electron chi connectivity index (χ4n) is 2.26. The van der Waals surface area contributed by atoms with E-state index in [-0.39, 0.29) is 23.6 Å². The molecule has 1 aromatic heterocycles. The lowest BCUT2D eigenvalue weighted by Gasteiger charge is -2.07. The van der Waals surface area contributed by atoms with Gasteiger partial charge in [0.25, 0.3) is 11.2 Å². The van der Waals surface area contributed by atoms with Gasteiger partial charge >= 0.3 is 0 Å². The summed E-state index contributed by atoms with van der Waals surface area (Å²) in [5.41, 5.74) is 1.35. The monoisotopic (exact) mass is 325 g/mol. The average Bonchev–Trinajstić information content (AvgIpc) is 2.59. The molecule has 0 aliphatic carbocycles. The van der Waals surface area contributed by atoms with E-state index < -0.39 is 4.92 Å². The van der Waals surface area contributed by atoms with Crippen LogP contribution < -0.4 is 5.56 Å². The highest BCUT2D eigenvalue weighted by Gasteiger charge is 2.09. The molecule has 0 saturated heterocycles. The Morgan fingerprint density at radius 1 is 1.08 bits per heavy atom. The number of rotatable bonds is 4. The fourth-order valence-corrected chi connectivity index (χ4v) is 2.26. The van der Waals surface area contributed by atoms with Crippen LogP contribution in [0.2, 0.25) is 0 Å². The van der Waals surface area contributed by atoms with Gasteiger partial charge in [-0.3, -0.25) is 14.9 Å². The quantitative estimate of drug-likeness (QED) is 0.546. The number of non-ortho nitro benzene ring substituents is 1. The lowest BCUT2D eigenvalue weighted by atomic mass is 10.1. The summed E-state index contributed by atoms with van der Waals surface area (Å²) in [7, 11) is 0. The first-order chi connectivity index (χ1) is 11.5. The standard InChI is InChI=1S/C17H12FN3O3/c18-14-6-4-12(5-7-14)11-20-17(22)9-8-16(19-20)13-2-1-3-15(10-13)21(23)24/h1-10H,11H2. The lowest BCUT2D eigenvalue weighted by molar-refractivity contribution is -0.384. The van der Waals surface area contributed by atoms with Crippen LogP contribution in [0.4, 0.5) is 10.1 Å². The first kappa shape index (κ1) is 15.5. The van der Waals surface area contributed by atoms with Crippen molar-refractivity contribution in [3.63, 3.8) is 0 Å². The minimum Gasteiger partial charge on any atom is -0.268 e. The van der Waals surface area contributed by atoms with Crippen LogP contribution in [-0.2, 0) is 6.54 Å². The van der Waals surface area contributed by atoms with E-state index in [4.69, 9.17) is 0 Å². The zero-order valence-electron chi connectivity index (χ0n) is 12.4. The average molecular weight is 325 g/mol. The number of nitro benzene ring substituents is 1. The van der Waals surface area contributed by atoms with E-state index in [0.717, 1.165) is 5.56 Å². The molecule has 0 fully saturated rings. The highest BCUT2D eigenvalue weighted by Crippen LogP contribution is 2.21. The van der Waals surface area contributed by atoms with Crippen LogP contribution in [0.5, 0.6) is 0 Å². The lowest BCUT2D eigenvalue weighted by Crippen LogP contribution is -2.22. The van der Waals surface area contributed by atoms with Crippen molar-refractivity contribution in [3.8, 4) is 11.3 Å². The second-order valence-corrected chi connectivity index (χ2v) is 5.15. The second-order valence-electron chi connectivity index (χ2n) is 5.15. The summed E-state index contributed by atoms with van der Waals surface area (Å²) in [6.45, 7) is 0.182. The van der Waals surface area contributed by atoms with Gasteiger partial charge in [-0.25, -0.2) is 9.07 Å². The molecule has 0 radical (unpaired) electrons. The molecule has 0 unspecified atom stereocenters. The molecular weight excluding hydrogens is 313 g/mol. The minimum atomic E-state index is -0.488. The Hall–Kier alpha value is -3.35. The molecule has 1 heterocycles. The van der Waals surface area contributed by atoms with Gasteiger partial charge in [0.1, 0.15) is 5.82 Å². The van der Waals surface area contributed by atoms with E-state index in [9.17, 15) is 19.3 Å². The number of hydrogen-bond donors (Lipinski definition) is 0. The van der Waals surface area contributed by atoms with Gasteiger partial charge in [0.05, 0.1) is 17.2 Å². The summed E-state index contributed by atoms with van der Waals surface area (Å²) < 4.78 is 14.2. The summed E-state index contributed by atoms with van der Waals surface area (Å²) in [4.78, 5) is 22.4. The molecule has 0 atom stereocenters. The molecule has 120 valence electrons. The molecule has 3 rings (SSSR count). The van der Waals surface area contributed by atoms with Crippen molar-refractivity contribution in [2.75, 3.05) is 0 Å². The summed E-state index contributed by atoms with van der Waals surface area (Å²) >= 11 is 0. The van der Waals surface area contributed by atoms with Crippen molar-refractivity contribution >= 4 is 5.69 Å². The van der Waals surface area contributed by atoms with Crippen molar-refractivity contribution in [3.05, 3.63) is 92.5 Å². The first-order valence-electron chi connectivity index (χ1n) is 7.10. The Morgan fingerprint density at radius 2 is 1.83 bits per heavy atom. The van der Waals surface area contributed by atoms with E-state index in [1.165, 1.54) is 41.1 Å². The number of halogens is 1. The van der Waals surface area contributed by atoms with Crippen molar-refractivity contribution in [2.45, 2.75) is 6.54 Å². The number of hydrogen-bond acceptors (Lipinski definition) is 4. The van der Waals surface area contributed by atoms with Crippen molar-refractivity contribution in [1.82, 2.24) is 9.78 Å². The third-order valence-electron chi connectivity index (χ3n) is 3.46. The van der Waals surface area contributed by atoms with E-state index in [2.05, 4.69) is 5.10 Å². The normalized spacial score (nSPS) is 10.5. The van der Waals surface area contributed by atoms with Crippen molar-refractivity contribution in [2.24, 2.45) is 0 Å². The third kappa shape index (κ3) is 3.35.